The zero-order valence-electron chi connectivity index (χ0n) is 6.05. The minimum absolute atomic E-state index is 0.189. The highest BCUT2D eigenvalue weighted by Crippen LogP contribution is 2.05. The van der Waals surface area contributed by atoms with Gasteiger partial charge in [-0.05, 0) is 19.3 Å². The third-order valence-electron chi connectivity index (χ3n) is 1.26. The molecule has 54 valence electrons. The van der Waals surface area contributed by atoms with Gasteiger partial charge in [-0.2, -0.15) is 0 Å². The summed E-state index contributed by atoms with van der Waals surface area (Å²) in [5.74, 6) is 0.545. The summed E-state index contributed by atoms with van der Waals surface area (Å²) >= 11 is 0. The molecule has 0 aromatic heterocycles. The number of aliphatic hydroxyl groups excluding tert-OH is 1. The van der Waals surface area contributed by atoms with Crippen molar-refractivity contribution in [3.05, 3.63) is 0 Å². The lowest BCUT2D eigenvalue weighted by Gasteiger charge is -2.04. The number of carbonyl (C=O) groups is 1. The maximum Gasteiger partial charge on any atom is 0.130 e. The molecule has 0 heterocycles. The van der Waals surface area contributed by atoms with Crippen LogP contribution in [-0.2, 0) is 4.79 Å². The van der Waals surface area contributed by atoms with Crippen LogP contribution in [0.25, 0.3) is 0 Å². The van der Waals surface area contributed by atoms with Crippen LogP contribution in [0, 0.1) is 5.92 Å². The molecule has 9 heavy (non-hydrogen) atoms. The minimum Gasteiger partial charge on any atom is -0.396 e. The van der Waals surface area contributed by atoms with Crippen LogP contribution in [0.15, 0.2) is 0 Å². The summed E-state index contributed by atoms with van der Waals surface area (Å²) in [6, 6.07) is 0. The van der Waals surface area contributed by atoms with Gasteiger partial charge in [-0.25, -0.2) is 0 Å². The predicted molar refractivity (Wildman–Crippen MR) is 36.2 cm³/mol. The third kappa shape index (κ3) is 5.50. The van der Waals surface area contributed by atoms with E-state index >= 15 is 0 Å². The molecular weight excluding hydrogens is 116 g/mol. The van der Waals surface area contributed by atoms with Gasteiger partial charge in [-0.1, -0.05) is 6.92 Å². The normalized spacial score (nSPS) is 13.2. The van der Waals surface area contributed by atoms with Crippen LogP contribution >= 0.6 is 0 Å². The smallest absolute Gasteiger partial charge is 0.130 e. The first-order valence-corrected chi connectivity index (χ1v) is 3.27. The first-order chi connectivity index (χ1) is 4.16. The second-order valence-corrected chi connectivity index (χ2v) is 2.52. The van der Waals surface area contributed by atoms with Crippen molar-refractivity contribution >= 4 is 5.78 Å². The van der Waals surface area contributed by atoms with E-state index in [-0.39, 0.29) is 12.4 Å². The van der Waals surface area contributed by atoms with Gasteiger partial charge in [0.15, 0.2) is 0 Å². The quantitative estimate of drug-likeness (QED) is 0.616. The summed E-state index contributed by atoms with van der Waals surface area (Å²) in [6.45, 7) is 3.74. The molecular formula is C7H14O2. The van der Waals surface area contributed by atoms with Crippen LogP contribution in [0.5, 0.6) is 0 Å². The Morgan fingerprint density at radius 3 is 2.56 bits per heavy atom. The fourth-order valence-corrected chi connectivity index (χ4v) is 0.813. The van der Waals surface area contributed by atoms with Crippen molar-refractivity contribution in [3.8, 4) is 0 Å². The van der Waals surface area contributed by atoms with Gasteiger partial charge in [-0.15, -0.1) is 0 Å². The topological polar surface area (TPSA) is 37.3 Å². The Morgan fingerprint density at radius 1 is 1.67 bits per heavy atom. The summed E-state index contributed by atoms with van der Waals surface area (Å²) in [5.41, 5.74) is 0. The first kappa shape index (κ1) is 8.63. The average Bonchev–Trinajstić information content (AvgIpc) is 1.63. The molecule has 2 nitrogen and oxygen atoms in total. The number of rotatable bonds is 4. The maximum atomic E-state index is 10.4. The monoisotopic (exact) mass is 130 g/mol. The van der Waals surface area contributed by atoms with Crippen LogP contribution in [-0.4, -0.2) is 17.5 Å². The van der Waals surface area contributed by atoms with Crippen molar-refractivity contribution in [1.82, 2.24) is 0 Å². The van der Waals surface area contributed by atoms with Gasteiger partial charge < -0.3 is 9.90 Å². The highest BCUT2D eigenvalue weighted by Gasteiger charge is 2.02. The number of ketones is 1. The van der Waals surface area contributed by atoms with E-state index in [1.165, 1.54) is 0 Å². The largest absolute Gasteiger partial charge is 0.396 e. The van der Waals surface area contributed by atoms with Gasteiger partial charge in [0.05, 0.1) is 0 Å². The van der Waals surface area contributed by atoms with Gasteiger partial charge in [0.25, 0.3) is 0 Å². The van der Waals surface area contributed by atoms with Crippen molar-refractivity contribution in [3.63, 3.8) is 0 Å². The molecule has 0 saturated heterocycles. The molecule has 0 aliphatic rings. The zero-order valence-corrected chi connectivity index (χ0v) is 6.05. The second kappa shape index (κ2) is 4.50. The zero-order chi connectivity index (χ0) is 7.28. The van der Waals surface area contributed by atoms with Crippen molar-refractivity contribution in [2.45, 2.75) is 26.7 Å². The van der Waals surface area contributed by atoms with Crippen molar-refractivity contribution in [2.75, 3.05) is 6.61 Å². The Labute approximate surface area is 55.9 Å². The van der Waals surface area contributed by atoms with E-state index in [1.807, 2.05) is 6.92 Å². The molecule has 0 unspecified atom stereocenters. The van der Waals surface area contributed by atoms with Gasteiger partial charge in [0, 0.05) is 13.0 Å². The lowest BCUT2D eigenvalue weighted by Crippen LogP contribution is -2.03. The Bertz CT molecular complexity index is 88.9. The minimum atomic E-state index is 0.189. The number of hydrogen-bond acceptors (Lipinski definition) is 2. The Hall–Kier alpha value is -0.370. The molecule has 0 rings (SSSR count). The van der Waals surface area contributed by atoms with E-state index < -0.39 is 0 Å². The van der Waals surface area contributed by atoms with Crippen molar-refractivity contribution < 1.29 is 9.90 Å². The molecule has 0 amide bonds. The second-order valence-electron chi connectivity index (χ2n) is 2.52. The van der Waals surface area contributed by atoms with Crippen LogP contribution in [0.2, 0.25) is 0 Å². The number of hydrogen-bond donors (Lipinski definition) is 1. The molecule has 0 aromatic rings. The fraction of sp³-hybridized carbons (Fsp3) is 0.857. The predicted octanol–water partition coefficient (Wildman–Crippen LogP) is 0.984. The molecule has 0 spiro atoms. The fourth-order valence-electron chi connectivity index (χ4n) is 0.813. The lowest BCUT2D eigenvalue weighted by molar-refractivity contribution is -0.117. The summed E-state index contributed by atoms with van der Waals surface area (Å²) in [7, 11) is 0. The van der Waals surface area contributed by atoms with E-state index in [0.29, 0.717) is 12.3 Å². The SMILES string of the molecule is CC(=O)C[C@H](C)CCO. The molecule has 2 heteroatoms. The highest BCUT2D eigenvalue weighted by atomic mass is 16.3. The molecule has 0 aliphatic heterocycles. The molecule has 0 bridgehead atoms. The Balaban J connectivity index is 3.26. The number of Topliss-reactive ketones (excluding diaryl/α,β-unsaturated/α-hetero) is 1. The van der Waals surface area contributed by atoms with E-state index in [9.17, 15) is 4.79 Å². The Morgan fingerprint density at radius 2 is 2.22 bits per heavy atom. The molecule has 1 atom stereocenters. The maximum absolute atomic E-state index is 10.4. The summed E-state index contributed by atoms with van der Waals surface area (Å²) < 4.78 is 0. The van der Waals surface area contributed by atoms with Crippen LogP contribution < -0.4 is 0 Å². The van der Waals surface area contributed by atoms with Gasteiger partial charge >= 0.3 is 0 Å². The Kier molecular flexibility index (Phi) is 4.32. The molecule has 0 radical (unpaired) electrons. The number of aliphatic hydroxyl groups is 1. The number of carbonyl (C=O) groups excluding carboxylic acids is 1. The van der Waals surface area contributed by atoms with E-state index in [2.05, 4.69) is 0 Å². The molecule has 0 aliphatic carbocycles. The van der Waals surface area contributed by atoms with Gasteiger partial charge in [-0.3, -0.25) is 0 Å². The first-order valence-electron chi connectivity index (χ1n) is 3.27. The molecule has 0 fully saturated rings. The van der Waals surface area contributed by atoms with E-state index in [4.69, 9.17) is 5.11 Å². The van der Waals surface area contributed by atoms with Crippen molar-refractivity contribution in [2.24, 2.45) is 5.92 Å². The van der Waals surface area contributed by atoms with Crippen molar-refractivity contribution in [1.29, 1.82) is 0 Å². The van der Waals surface area contributed by atoms with E-state index in [0.717, 1.165) is 6.42 Å². The van der Waals surface area contributed by atoms with Crippen LogP contribution in [0.3, 0.4) is 0 Å². The molecule has 0 aromatic carbocycles. The summed E-state index contributed by atoms with van der Waals surface area (Å²) in [5, 5.41) is 8.44. The van der Waals surface area contributed by atoms with Gasteiger partial charge in [0.1, 0.15) is 5.78 Å². The highest BCUT2D eigenvalue weighted by molar-refractivity contribution is 5.75. The molecule has 0 saturated carbocycles. The average molecular weight is 130 g/mol. The third-order valence-corrected chi connectivity index (χ3v) is 1.26. The van der Waals surface area contributed by atoms with Gasteiger partial charge in [0.2, 0.25) is 0 Å². The van der Waals surface area contributed by atoms with Crippen LogP contribution in [0.1, 0.15) is 26.7 Å². The summed E-state index contributed by atoms with van der Waals surface area (Å²) in [6.07, 6.45) is 1.33. The summed E-state index contributed by atoms with van der Waals surface area (Å²) in [4.78, 5) is 10.4. The molecule has 1 N–H and O–H groups in total. The van der Waals surface area contributed by atoms with Crippen LogP contribution in [0.4, 0.5) is 0 Å². The lowest BCUT2D eigenvalue weighted by atomic mass is 10.0. The van der Waals surface area contributed by atoms with E-state index in [1.54, 1.807) is 6.92 Å². The standard InChI is InChI=1S/C7H14O2/c1-6(3-4-8)5-7(2)9/h6,8H,3-5H2,1-2H3/t6-/m1/s1.